The van der Waals surface area contributed by atoms with Gasteiger partial charge in [-0.2, -0.15) is 10.2 Å². The number of thioether (sulfide) groups is 1. The van der Waals surface area contributed by atoms with E-state index in [0.717, 1.165) is 49.2 Å². The third kappa shape index (κ3) is 6.70. The standard InChI is InChI=1S/C37H38ClN5O6S/c1-21-33(34-29(38)13-11-27-28(12-14-32(45)47-5)36(37(46)48-6)41(2)35(27)34)30(40-42(21)3)19-49-18-23-16-24(43(4)39-23)20-50-25-15-22-9-7-8-10-26(22)31(44)17-25/h7-11,13,15-17,44H,12,14,18-20H2,1-6H3. The second kappa shape index (κ2) is 14.6. The topological polar surface area (TPSA) is 123 Å². The van der Waals surface area contributed by atoms with Gasteiger partial charge in [-0.1, -0.05) is 41.9 Å². The number of carbonyl (C=O) groups is 2. The molecule has 0 aliphatic heterocycles. The minimum atomic E-state index is -0.513. The lowest BCUT2D eigenvalue weighted by Gasteiger charge is -2.12. The molecule has 1 N–H and O–H groups in total. The lowest BCUT2D eigenvalue weighted by Crippen LogP contribution is -2.11. The monoisotopic (exact) mass is 715 g/mol. The number of aryl methyl sites for hydroxylation is 4. The Morgan fingerprint density at radius 3 is 2.46 bits per heavy atom. The van der Waals surface area contributed by atoms with E-state index in [-0.39, 0.29) is 37.8 Å². The first kappa shape index (κ1) is 35.1. The fourth-order valence-electron chi connectivity index (χ4n) is 6.41. The van der Waals surface area contributed by atoms with Crippen LogP contribution in [0.1, 0.15) is 45.2 Å². The highest BCUT2D eigenvalue weighted by Crippen LogP contribution is 2.42. The number of hydrogen-bond donors (Lipinski definition) is 1. The molecule has 0 aliphatic rings. The average molecular weight is 716 g/mol. The van der Waals surface area contributed by atoms with E-state index in [1.165, 1.54) is 14.2 Å². The molecule has 0 unspecified atom stereocenters. The second-order valence-corrected chi connectivity index (χ2v) is 13.5. The number of phenols is 1. The van der Waals surface area contributed by atoms with Gasteiger partial charge in [-0.25, -0.2) is 4.79 Å². The van der Waals surface area contributed by atoms with E-state index in [4.69, 9.17) is 30.9 Å². The molecule has 3 heterocycles. The molecule has 0 fully saturated rings. The Hall–Kier alpha value is -4.78. The lowest BCUT2D eigenvalue weighted by molar-refractivity contribution is -0.140. The first-order valence-electron chi connectivity index (χ1n) is 15.9. The first-order chi connectivity index (χ1) is 24.0. The zero-order chi connectivity index (χ0) is 35.7. The number of hydrogen-bond acceptors (Lipinski definition) is 9. The summed E-state index contributed by atoms with van der Waals surface area (Å²) >= 11 is 8.57. The maximum absolute atomic E-state index is 13.0. The van der Waals surface area contributed by atoms with Crippen molar-refractivity contribution in [1.82, 2.24) is 24.1 Å². The van der Waals surface area contributed by atoms with Gasteiger partial charge < -0.3 is 23.9 Å². The third-order valence-corrected chi connectivity index (χ3v) is 10.3. The van der Waals surface area contributed by atoms with Gasteiger partial charge in [0, 0.05) is 71.5 Å². The smallest absolute Gasteiger partial charge is 0.354 e. The van der Waals surface area contributed by atoms with E-state index in [0.29, 0.717) is 33.3 Å². The molecular formula is C37H38ClN5O6S. The second-order valence-electron chi connectivity index (χ2n) is 12.0. The molecule has 6 rings (SSSR count). The summed E-state index contributed by atoms with van der Waals surface area (Å²) in [6, 6.07) is 17.3. The van der Waals surface area contributed by atoms with Crippen LogP contribution in [0.4, 0.5) is 0 Å². The number of rotatable bonds is 12. The van der Waals surface area contributed by atoms with E-state index in [1.807, 2.05) is 62.1 Å². The summed E-state index contributed by atoms with van der Waals surface area (Å²) in [6.07, 6.45) is 0.385. The van der Waals surface area contributed by atoms with Crippen molar-refractivity contribution in [1.29, 1.82) is 0 Å². The van der Waals surface area contributed by atoms with E-state index in [2.05, 4.69) is 11.2 Å². The Bertz CT molecular complexity index is 2250. The number of carbonyl (C=O) groups excluding carboxylic acids is 2. The molecule has 0 saturated heterocycles. The number of aromatic nitrogens is 5. The van der Waals surface area contributed by atoms with Gasteiger partial charge in [0.25, 0.3) is 0 Å². The highest BCUT2D eigenvalue weighted by molar-refractivity contribution is 7.98. The van der Waals surface area contributed by atoms with Crippen molar-refractivity contribution in [2.24, 2.45) is 21.1 Å². The number of phenolic OH excluding ortho intramolecular Hbond substituents is 1. The fraction of sp³-hybridized carbons (Fsp3) is 0.297. The number of halogens is 1. The fourth-order valence-corrected chi connectivity index (χ4v) is 7.65. The maximum Gasteiger partial charge on any atom is 0.354 e. The number of benzene rings is 3. The molecule has 13 heteroatoms. The molecular weight excluding hydrogens is 678 g/mol. The number of aromatic hydroxyl groups is 1. The molecule has 3 aromatic heterocycles. The Morgan fingerprint density at radius 1 is 0.920 bits per heavy atom. The van der Waals surface area contributed by atoms with Gasteiger partial charge in [0.05, 0.1) is 49.4 Å². The van der Waals surface area contributed by atoms with Crippen molar-refractivity contribution in [2.45, 2.75) is 43.6 Å². The van der Waals surface area contributed by atoms with Crippen LogP contribution in [0.15, 0.2) is 59.5 Å². The molecule has 260 valence electrons. The van der Waals surface area contributed by atoms with Gasteiger partial charge >= 0.3 is 11.9 Å². The molecule has 0 amide bonds. The number of fused-ring (bicyclic) bond motifs is 2. The molecule has 3 aromatic carbocycles. The van der Waals surface area contributed by atoms with Gasteiger partial charge in [0.1, 0.15) is 11.4 Å². The van der Waals surface area contributed by atoms with Crippen LogP contribution in [0.25, 0.3) is 32.8 Å². The van der Waals surface area contributed by atoms with Crippen LogP contribution in [0.2, 0.25) is 5.02 Å². The Labute approximate surface area is 298 Å². The molecule has 0 saturated carbocycles. The predicted molar refractivity (Wildman–Crippen MR) is 193 cm³/mol. The first-order valence-corrected chi connectivity index (χ1v) is 17.3. The minimum absolute atomic E-state index is 0.101. The molecule has 0 spiro atoms. The zero-order valence-electron chi connectivity index (χ0n) is 28.7. The number of ether oxygens (including phenoxy) is 3. The summed E-state index contributed by atoms with van der Waals surface area (Å²) < 4.78 is 21.6. The van der Waals surface area contributed by atoms with Crippen LogP contribution >= 0.6 is 23.4 Å². The molecule has 0 bridgehead atoms. The van der Waals surface area contributed by atoms with Crippen LogP contribution in [0.5, 0.6) is 5.75 Å². The van der Waals surface area contributed by atoms with E-state index in [9.17, 15) is 14.7 Å². The summed E-state index contributed by atoms with van der Waals surface area (Å²) in [5, 5.41) is 23.0. The third-order valence-electron chi connectivity index (χ3n) is 8.97. The average Bonchev–Trinajstić information content (AvgIpc) is 3.71. The van der Waals surface area contributed by atoms with Crippen LogP contribution in [-0.4, -0.2) is 55.4 Å². The van der Waals surface area contributed by atoms with E-state index in [1.54, 1.807) is 40.2 Å². The zero-order valence-corrected chi connectivity index (χ0v) is 30.3. The quantitative estimate of drug-likeness (QED) is 0.105. The van der Waals surface area contributed by atoms with E-state index >= 15 is 0 Å². The molecule has 6 aromatic rings. The van der Waals surface area contributed by atoms with Gasteiger partial charge in [-0.3, -0.25) is 14.2 Å². The molecule has 0 radical (unpaired) electrons. The van der Waals surface area contributed by atoms with Crippen LogP contribution in [0.3, 0.4) is 0 Å². The molecule has 0 aliphatic carbocycles. The van der Waals surface area contributed by atoms with Crippen molar-refractivity contribution in [3.05, 3.63) is 93.7 Å². The summed E-state index contributed by atoms with van der Waals surface area (Å²) in [5.74, 6) is 0.0414. The predicted octanol–water partition coefficient (Wildman–Crippen LogP) is 7.03. The van der Waals surface area contributed by atoms with Crippen LogP contribution < -0.4 is 0 Å². The summed E-state index contributed by atoms with van der Waals surface area (Å²) in [5.41, 5.74) is 6.60. The Kier molecular flexibility index (Phi) is 10.2. The Morgan fingerprint density at radius 2 is 1.70 bits per heavy atom. The number of esters is 2. The largest absolute Gasteiger partial charge is 0.507 e. The van der Waals surface area contributed by atoms with Gasteiger partial charge in [0.15, 0.2) is 0 Å². The lowest BCUT2D eigenvalue weighted by atomic mass is 9.98. The highest BCUT2D eigenvalue weighted by Gasteiger charge is 2.28. The van der Waals surface area contributed by atoms with Gasteiger partial charge in [-0.15, -0.1) is 11.8 Å². The minimum Gasteiger partial charge on any atom is -0.507 e. The van der Waals surface area contributed by atoms with Crippen LogP contribution in [-0.2, 0) is 65.5 Å². The SMILES string of the molecule is COC(=O)CCc1c(C(=O)OC)n(C)c2c(-c3c(COCc4cc(CSc5cc(O)c6ccccc6c5)n(C)n4)nn(C)c3C)c(Cl)ccc12. The van der Waals surface area contributed by atoms with Crippen molar-refractivity contribution in [2.75, 3.05) is 14.2 Å². The van der Waals surface area contributed by atoms with Crippen molar-refractivity contribution in [3.63, 3.8) is 0 Å². The number of methoxy groups -OCH3 is 2. The number of nitrogens with zero attached hydrogens (tertiary/aromatic N) is 5. The Balaban J connectivity index is 1.25. The van der Waals surface area contributed by atoms with Gasteiger partial charge in [0.2, 0.25) is 0 Å². The summed E-state index contributed by atoms with van der Waals surface area (Å²) in [4.78, 5) is 26.1. The van der Waals surface area contributed by atoms with Crippen molar-refractivity contribution < 1.29 is 28.9 Å². The molecule has 11 nitrogen and oxygen atoms in total. The van der Waals surface area contributed by atoms with Crippen molar-refractivity contribution >= 4 is 57.0 Å². The van der Waals surface area contributed by atoms with Gasteiger partial charge in [-0.05, 0) is 48.6 Å². The highest BCUT2D eigenvalue weighted by atomic mass is 35.5. The molecule has 50 heavy (non-hydrogen) atoms. The van der Waals surface area contributed by atoms with Crippen LogP contribution in [0, 0.1) is 6.92 Å². The summed E-state index contributed by atoms with van der Waals surface area (Å²) in [7, 11) is 8.23. The van der Waals surface area contributed by atoms with Crippen molar-refractivity contribution in [3.8, 4) is 16.9 Å². The summed E-state index contributed by atoms with van der Waals surface area (Å²) in [6.45, 7) is 2.40. The molecule has 0 atom stereocenters. The normalized spacial score (nSPS) is 11.5. The maximum atomic E-state index is 13.0. The van der Waals surface area contributed by atoms with E-state index < -0.39 is 5.97 Å².